The summed E-state index contributed by atoms with van der Waals surface area (Å²) in [6.07, 6.45) is 1.73. The Kier molecular flexibility index (Phi) is 5.84. The van der Waals surface area contributed by atoms with Gasteiger partial charge in [-0.1, -0.05) is 25.4 Å². The minimum Gasteiger partial charge on any atom is -0.347 e. The molecule has 3 rings (SSSR count). The molecule has 0 bridgehead atoms. The average molecular weight is 389 g/mol. The summed E-state index contributed by atoms with van der Waals surface area (Å²) in [5, 5.41) is 5.66. The second kappa shape index (κ2) is 8.10. The summed E-state index contributed by atoms with van der Waals surface area (Å²) in [5.74, 6) is 2.10. The van der Waals surface area contributed by atoms with Crippen molar-refractivity contribution >= 4 is 40.2 Å². The van der Waals surface area contributed by atoms with Crippen LogP contribution in [0.1, 0.15) is 32.4 Å². The predicted octanol–water partition coefficient (Wildman–Crippen LogP) is 4.89. The number of aromatic nitrogens is 3. The molecule has 0 aliphatic rings. The summed E-state index contributed by atoms with van der Waals surface area (Å²) in [4.78, 5) is 24.1. The molecule has 1 aromatic carbocycles. The quantitative estimate of drug-likeness (QED) is 0.464. The van der Waals surface area contributed by atoms with Crippen LogP contribution in [0.5, 0.6) is 0 Å². The Hall–Kier alpha value is -2.05. The Bertz CT molecular complexity index is 973. The molecule has 26 heavy (non-hydrogen) atoms. The number of anilines is 1. The molecule has 2 heterocycles. The molecule has 0 aliphatic heterocycles. The first-order valence-corrected chi connectivity index (χ1v) is 9.83. The molecule has 5 nitrogen and oxygen atoms in total. The fraction of sp³-hybridized carbons (Fsp3) is 0.316. The first-order chi connectivity index (χ1) is 12.4. The third kappa shape index (κ3) is 4.56. The third-order valence-corrected chi connectivity index (χ3v) is 5.43. The van der Waals surface area contributed by atoms with Gasteiger partial charge in [0.05, 0.1) is 6.04 Å². The van der Waals surface area contributed by atoms with Gasteiger partial charge >= 0.3 is 0 Å². The molecule has 1 atom stereocenters. The van der Waals surface area contributed by atoms with Crippen LogP contribution in [0, 0.1) is 5.92 Å². The number of pyridine rings is 1. The molecule has 2 N–H and O–H groups in total. The third-order valence-electron chi connectivity index (χ3n) is 3.84. The predicted molar refractivity (Wildman–Crippen MR) is 109 cm³/mol. The molecule has 136 valence electrons. The number of H-pyrrole nitrogens is 1. The van der Waals surface area contributed by atoms with Crippen LogP contribution < -0.4 is 10.9 Å². The molecule has 0 spiro atoms. The number of halogens is 1. The highest BCUT2D eigenvalue weighted by Gasteiger charge is 2.13. The number of nitrogens with zero attached hydrogens (tertiary/aromatic N) is 2. The summed E-state index contributed by atoms with van der Waals surface area (Å²) in [6.45, 7) is 6.26. The zero-order chi connectivity index (χ0) is 18.7. The zero-order valence-corrected chi connectivity index (χ0v) is 16.5. The molecular weight excluding hydrogens is 368 g/mol. The number of fused-ring (bicyclic) bond motifs is 1. The molecule has 0 fully saturated rings. The molecule has 0 amide bonds. The lowest BCUT2D eigenvalue weighted by Crippen LogP contribution is -2.20. The first kappa shape index (κ1) is 18.7. The van der Waals surface area contributed by atoms with Crippen molar-refractivity contribution in [1.29, 1.82) is 0 Å². The zero-order valence-electron chi connectivity index (χ0n) is 14.9. The van der Waals surface area contributed by atoms with Crippen molar-refractivity contribution in [2.75, 3.05) is 11.1 Å². The van der Waals surface area contributed by atoms with Gasteiger partial charge in [0.2, 0.25) is 5.95 Å². The number of thioether (sulfide) groups is 1. The molecule has 1 unspecified atom stereocenters. The normalized spacial score (nSPS) is 12.5. The van der Waals surface area contributed by atoms with Gasteiger partial charge in [-0.25, -0.2) is 9.97 Å². The Morgan fingerprint density at radius 3 is 2.81 bits per heavy atom. The minimum atomic E-state index is -0.243. The molecule has 0 saturated carbocycles. The van der Waals surface area contributed by atoms with E-state index >= 15 is 0 Å². The van der Waals surface area contributed by atoms with Crippen molar-refractivity contribution in [2.24, 2.45) is 5.92 Å². The maximum Gasteiger partial charge on any atom is 0.253 e. The molecule has 0 saturated heterocycles. The standard InChI is InChI=1S/C19H21ClN4OS/c1-11(2)10-26-17-6-7-21-19(24-17)22-12(3)15-9-13-8-14(20)4-5-16(13)23-18(15)25/h4-9,11-12H,10H2,1-3H3,(H,23,25)(H,21,22,24). The lowest BCUT2D eigenvalue weighted by molar-refractivity contribution is 0.749. The lowest BCUT2D eigenvalue weighted by atomic mass is 10.1. The van der Waals surface area contributed by atoms with Gasteiger partial charge in [-0.2, -0.15) is 0 Å². The van der Waals surface area contributed by atoms with Crippen LogP contribution >= 0.6 is 23.4 Å². The van der Waals surface area contributed by atoms with Crippen molar-refractivity contribution in [3.63, 3.8) is 0 Å². The van der Waals surface area contributed by atoms with Crippen molar-refractivity contribution in [3.05, 3.63) is 57.5 Å². The molecule has 7 heteroatoms. The smallest absolute Gasteiger partial charge is 0.253 e. The van der Waals surface area contributed by atoms with E-state index in [1.165, 1.54) is 0 Å². The van der Waals surface area contributed by atoms with E-state index in [4.69, 9.17) is 11.6 Å². The van der Waals surface area contributed by atoms with E-state index in [-0.39, 0.29) is 11.6 Å². The van der Waals surface area contributed by atoms with E-state index in [1.54, 1.807) is 30.1 Å². The number of hydrogen-bond donors (Lipinski definition) is 2. The maximum absolute atomic E-state index is 12.4. The first-order valence-electron chi connectivity index (χ1n) is 8.47. The van der Waals surface area contributed by atoms with Gasteiger partial charge in [-0.05, 0) is 43.2 Å². The Morgan fingerprint density at radius 1 is 1.23 bits per heavy atom. The summed E-state index contributed by atoms with van der Waals surface area (Å²) < 4.78 is 0. The van der Waals surface area contributed by atoms with E-state index in [2.05, 4.69) is 34.1 Å². The van der Waals surface area contributed by atoms with Crippen LogP contribution in [0.25, 0.3) is 10.9 Å². The van der Waals surface area contributed by atoms with Gasteiger partial charge in [-0.3, -0.25) is 4.79 Å². The van der Waals surface area contributed by atoms with E-state index in [9.17, 15) is 4.79 Å². The highest BCUT2D eigenvalue weighted by Crippen LogP contribution is 2.22. The number of rotatable bonds is 6. The lowest BCUT2D eigenvalue weighted by Gasteiger charge is -2.14. The summed E-state index contributed by atoms with van der Waals surface area (Å²) in [7, 11) is 0. The number of aromatic amines is 1. The molecule has 0 radical (unpaired) electrons. The monoisotopic (exact) mass is 388 g/mol. The van der Waals surface area contributed by atoms with Crippen LogP contribution in [-0.2, 0) is 0 Å². The highest BCUT2D eigenvalue weighted by atomic mass is 35.5. The highest BCUT2D eigenvalue weighted by molar-refractivity contribution is 7.99. The van der Waals surface area contributed by atoms with Crippen molar-refractivity contribution < 1.29 is 0 Å². The number of nitrogens with one attached hydrogen (secondary N) is 2. The van der Waals surface area contributed by atoms with Crippen LogP contribution in [-0.4, -0.2) is 20.7 Å². The van der Waals surface area contributed by atoms with Gasteiger partial charge in [-0.15, -0.1) is 11.8 Å². The van der Waals surface area contributed by atoms with Crippen LogP contribution in [0.3, 0.4) is 0 Å². The summed E-state index contributed by atoms with van der Waals surface area (Å²) in [6, 6.07) is 8.91. The Morgan fingerprint density at radius 2 is 2.04 bits per heavy atom. The molecule has 0 aliphatic carbocycles. The van der Waals surface area contributed by atoms with Crippen molar-refractivity contribution in [3.8, 4) is 0 Å². The summed E-state index contributed by atoms with van der Waals surface area (Å²) >= 11 is 7.76. The van der Waals surface area contributed by atoms with Crippen LogP contribution in [0.4, 0.5) is 5.95 Å². The van der Waals surface area contributed by atoms with Gasteiger partial charge in [0.25, 0.3) is 5.56 Å². The van der Waals surface area contributed by atoms with Crippen molar-refractivity contribution in [1.82, 2.24) is 15.0 Å². The van der Waals surface area contributed by atoms with Gasteiger partial charge in [0.1, 0.15) is 5.03 Å². The largest absolute Gasteiger partial charge is 0.347 e. The SMILES string of the molecule is CC(C)CSc1ccnc(NC(C)c2cc3cc(Cl)ccc3[nH]c2=O)n1. The number of benzene rings is 1. The second-order valence-electron chi connectivity index (χ2n) is 6.57. The van der Waals surface area contributed by atoms with Gasteiger partial charge < -0.3 is 10.3 Å². The molecule has 2 aromatic heterocycles. The fourth-order valence-corrected chi connectivity index (χ4v) is 3.52. The average Bonchev–Trinajstić information content (AvgIpc) is 2.60. The van der Waals surface area contributed by atoms with E-state index in [0.717, 1.165) is 21.7 Å². The summed E-state index contributed by atoms with van der Waals surface area (Å²) in [5.41, 5.74) is 1.24. The van der Waals surface area contributed by atoms with Crippen molar-refractivity contribution in [2.45, 2.75) is 31.8 Å². The Balaban J connectivity index is 1.82. The van der Waals surface area contributed by atoms with Gasteiger partial charge in [0, 0.05) is 33.4 Å². The van der Waals surface area contributed by atoms with E-state index in [0.29, 0.717) is 22.5 Å². The Labute approximate surface area is 161 Å². The second-order valence-corrected chi connectivity index (χ2v) is 8.05. The number of hydrogen-bond acceptors (Lipinski definition) is 5. The topological polar surface area (TPSA) is 70.7 Å². The van der Waals surface area contributed by atoms with Crippen LogP contribution in [0.15, 0.2) is 46.3 Å². The van der Waals surface area contributed by atoms with Gasteiger partial charge in [0.15, 0.2) is 0 Å². The van der Waals surface area contributed by atoms with E-state index < -0.39 is 0 Å². The minimum absolute atomic E-state index is 0.134. The van der Waals surface area contributed by atoms with E-state index in [1.807, 2.05) is 25.1 Å². The van der Waals surface area contributed by atoms with Crippen LogP contribution in [0.2, 0.25) is 5.02 Å². The maximum atomic E-state index is 12.4. The fourth-order valence-electron chi connectivity index (χ4n) is 2.53. The molecule has 3 aromatic rings. The molecular formula is C19H21ClN4OS.